The highest BCUT2D eigenvalue weighted by molar-refractivity contribution is 8.13. The van der Waals surface area contributed by atoms with Crippen LogP contribution in [0.15, 0.2) is 83.0 Å². The number of hydrogen-bond acceptors (Lipinski definition) is 4. The first-order valence-electron chi connectivity index (χ1n) is 8.81. The summed E-state index contributed by atoms with van der Waals surface area (Å²) in [7, 11) is 0. The SMILES string of the molecule is NC(=NN=Cc1cccc(OCc2c(F)cccc2F)c1)SCc1ccccc1. The smallest absolute Gasteiger partial charge is 0.180 e. The van der Waals surface area contributed by atoms with E-state index >= 15 is 0 Å². The average Bonchev–Trinajstić information content (AvgIpc) is 2.73. The molecule has 3 aromatic rings. The molecule has 0 spiro atoms. The minimum absolute atomic E-state index is 0.112. The monoisotopic (exact) mass is 411 g/mol. The number of thioether (sulfide) groups is 1. The maximum absolute atomic E-state index is 13.7. The molecule has 0 fully saturated rings. The van der Waals surface area contributed by atoms with Crippen molar-refractivity contribution < 1.29 is 13.5 Å². The maximum Gasteiger partial charge on any atom is 0.180 e. The highest BCUT2D eigenvalue weighted by Gasteiger charge is 2.09. The molecule has 0 heterocycles. The first kappa shape index (κ1) is 20.5. The lowest BCUT2D eigenvalue weighted by molar-refractivity contribution is 0.292. The molecule has 3 rings (SSSR count). The van der Waals surface area contributed by atoms with Gasteiger partial charge in [-0.2, -0.15) is 5.10 Å². The second-order valence-corrected chi connectivity index (χ2v) is 7.01. The van der Waals surface area contributed by atoms with Gasteiger partial charge in [-0.05, 0) is 35.4 Å². The van der Waals surface area contributed by atoms with E-state index in [0.717, 1.165) is 11.1 Å². The minimum atomic E-state index is -0.638. The Morgan fingerprint density at radius 3 is 2.45 bits per heavy atom. The summed E-state index contributed by atoms with van der Waals surface area (Å²) in [5, 5.41) is 8.31. The van der Waals surface area contributed by atoms with Crippen molar-refractivity contribution in [2.24, 2.45) is 15.9 Å². The van der Waals surface area contributed by atoms with Crippen LogP contribution in [0.25, 0.3) is 0 Å². The molecular weight excluding hydrogens is 392 g/mol. The Bertz CT molecular complexity index is 990. The van der Waals surface area contributed by atoms with Crippen LogP contribution in [0.2, 0.25) is 0 Å². The van der Waals surface area contributed by atoms with Gasteiger partial charge in [0.25, 0.3) is 0 Å². The summed E-state index contributed by atoms with van der Waals surface area (Å²) < 4.78 is 32.9. The quantitative estimate of drug-likeness (QED) is 0.333. The van der Waals surface area contributed by atoms with E-state index in [1.165, 1.54) is 36.2 Å². The average molecular weight is 411 g/mol. The van der Waals surface area contributed by atoms with Crippen LogP contribution in [0.1, 0.15) is 16.7 Å². The normalized spacial score (nSPS) is 11.7. The van der Waals surface area contributed by atoms with Gasteiger partial charge in [-0.15, -0.1) is 5.10 Å². The number of nitrogens with zero attached hydrogens (tertiary/aromatic N) is 2. The first-order chi connectivity index (χ1) is 14.1. The third-order valence-electron chi connectivity index (χ3n) is 3.90. The number of amidine groups is 1. The van der Waals surface area contributed by atoms with Crippen LogP contribution in [-0.2, 0) is 12.4 Å². The maximum atomic E-state index is 13.7. The molecule has 148 valence electrons. The Morgan fingerprint density at radius 1 is 0.966 bits per heavy atom. The first-order valence-corrected chi connectivity index (χ1v) is 9.79. The molecule has 0 aliphatic heterocycles. The number of ether oxygens (including phenoxy) is 1. The zero-order valence-electron chi connectivity index (χ0n) is 15.5. The van der Waals surface area contributed by atoms with E-state index in [0.29, 0.717) is 16.7 Å². The highest BCUT2D eigenvalue weighted by Crippen LogP contribution is 2.18. The van der Waals surface area contributed by atoms with Crippen LogP contribution < -0.4 is 10.5 Å². The van der Waals surface area contributed by atoms with Gasteiger partial charge in [-0.1, -0.05) is 60.3 Å². The second kappa shape index (κ2) is 10.4. The molecule has 0 aromatic heterocycles. The lowest BCUT2D eigenvalue weighted by Crippen LogP contribution is -2.06. The number of benzene rings is 3. The van der Waals surface area contributed by atoms with E-state index in [-0.39, 0.29) is 12.2 Å². The van der Waals surface area contributed by atoms with Crippen molar-refractivity contribution in [3.05, 3.63) is 101 Å². The van der Waals surface area contributed by atoms with Gasteiger partial charge in [-0.25, -0.2) is 8.78 Å². The Morgan fingerprint density at radius 2 is 1.69 bits per heavy atom. The molecule has 29 heavy (non-hydrogen) atoms. The molecule has 0 atom stereocenters. The van der Waals surface area contributed by atoms with E-state index < -0.39 is 11.6 Å². The number of rotatable bonds is 7. The Kier molecular flexibility index (Phi) is 7.35. The third-order valence-corrected chi connectivity index (χ3v) is 4.75. The lowest BCUT2D eigenvalue weighted by Gasteiger charge is -2.08. The van der Waals surface area contributed by atoms with Gasteiger partial charge in [0.1, 0.15) is 24.0 Å². The van der Waals surface area contributed by atoms with Crippen molar-refractivity contribution >= 4 is 23.1 Å². The van der Waals surface area contributed by atoms with E-state index in [1.54, 1.807) is 18.2 Å². The Hall–Kier alpha value is -3.19. The summed E-state index contributed by atoms with van der Waals surface area (Å²) in [6.45, 7) is -0.208. The molecule has 2 N–H and O–H groups in total. The third kappa shape index (κ3) is 6.43. The highest BCUT2D eigenvalue weighted by atomic mass is 32.2. The molecule has 0 amide bonds. The molecule has 0 unspecified atom stereocenters. The topological polar surface area (TPSA) is 60.0 Å². The van der Waals surface area contributed by atoms with E-state index in [9.17, 15) is 8.78 Å². The van der Waals surface area contributed by atoms with Gasteiger partial charge in [0.05, 0.1) is 11.8 Å². The van der Waals surface area contributed by atoms with Crippen LogP contribution in [-0.4, -0.2) is 11.4 Å². The van der Waals surface area contributed by atoms with Gasteiger partial charge in [-0.3, -0.25) is 0 Å². The molecule has 4 nitrogen and oxygen atoms in total. The summed E-state index contributed by atoms with van der Waals surface area (Å²) in [5.41, 5.74) is 7.62. The van der Waals surface area contributed by atoms with Crippen molar-refractivity contribution in [1.29, 1.82) is 0 Å². The fourth-order valence-electron chi connectivity index (χ4n) is 2.42. The van der Waals surface area contributed by atoms with E-state index in [2.05, 4.69) is 10.2 Å². The van der Waals surface area contributed by atoms with Crippen LogP contribution in [0, 0.1) is 11.6 Å². The fourth-order valence-corrected chi connectivity index (χ4v) is 3.04. The van der Waals surface area contributed by atoms with Crippen LogP contribution in [0.4, 0.5) is 8.78 Å². The van der Waals surface area contributed by atoms with Crippen molar-refractivity contribution in [2.45, 2.75) is 12.4 Å². The van der Waals surface area contributed by atoms with E-state index in [1.807, 2.05) is 36.4 Å². The summed E-state index contributed by atoms with van der Waals surface area (Å²) >= 11 is 1.39. The second-order valence-electron chi connectivity index (χ2n) is 6.02. The van der Waals surface area contributed by atoms with Gasteiger partial charge in [0.15, 0.2) is 5.17 Å². The predicted molar refractivity (Wildman–Crippen MR) is 114 cm³/mol. The molecule has 0 bridgehead atoms. The van der Waals surface area contributed by atoms with Gasteiger partial charge < -0.3 is 10.5 Å². The predicted octanol–water partition coefficient (Wildman–Crippen LogP) is 5.13. The van der Waals surface area contributed by atoms with E-state index in [4.69, 9.17) is 10.5 Å². The summed E-state index contributed by atoms with van der Waals surface area (Å²) in [5.74, 6) is -0.102. The molecule has 0 saturated carbocycles. The Labute approximate surface area is 172 Å². The van der Waals surface area contributed by atoms with Gasteiger partial charge in [0, 0.05) is 5.75 Å². The zero-order valence-corrected chi connectivity index (χ0v) is 16.3. The number of hydrogen-bond donors (Lipinski definition) is 1. The molecular formula is C22H19F2N3OS. The summed E-state index contributed by atoms with van der Waals surface area (Å²) in [4.78, 5) is 0. The zero-order chi connectivity index (χ0) is 20.5. The van der Waals surface area contributed by atoms with Crippen molar-refractivity contribution in [2.75, 3.05) is 0 Å². The fraction of sp³-hybridized carbons (Fsp3) is 0.0909. The largest absolute Gasteiger partial charge is 0.489 e. The molecule has 0 aliphatic carbocycles. The summed E-state index contributed by atoms with van der Waals surface area (Å²) in [6, 6.07) is 20.6. The summed E-state index contributed by atoms with van der Waals surface area (Å²) in [6.07, 6.45) is 1.53. The van der Waals surface area contributed by atoms with Gasteiger partial charge in [0.2, 0.25) is 0 Å². The van der Waals surface area contributed by atoms with Crippen molar-refractivity contribution in [3.8, 4) is 5.75 Å². The molecule has 0 aliphatic rings. The van der Waals surface area contributed by atoms with Crippen LogP contribution in [0.3, 0.4) is 0 Å². The van der Waals surface area contributed by atoms with Crippen molar-refractivity contribution in [1.82, 2.24) is 0 Å². The Balaban J connectivity index is 1.56. The number of nitrogens with two attached hydrogens (primary N) is 1. The lowest BCUT2D eigenvalue weighted by atomic mass is 10.2. The molecule has 7 heteroatoms. The molecule has 0 saturated heterocycles. The molecule has 3 aromatic carbocycles. The van der Waals surface area contributed by atoms with Crippen molar-refractivity contribution in [3.63, 3.8) is 0 Å². The van der Waals surface area contributed by atoms with Crippen LogP contribution >= 0.6 is 11.8 Å². The standard InChI is InChI=1S/C22H19F2N3OS/c23-20-10-5-11-21(24)19(20)14-28-18-9-4-8-17(12-18)13-26-27-22(25)29-15-16-6-2-1-3-7-16/h1-13H,14-15H2,(H2,25,27). The van der Waals surface area contributed by atoms with Crippen LogP contribution in [0.5, 0.6) is 5.75 Å². The van der Waals surface area contributed by atoms with Gasteiger partial charge >= 0.3 is 0 Å². The minimum Gasteiger partial charge on any atom is -0.489 e. The number of halogens is 2. The molecule has 0 radical (unpaired) electrons.